The van der Waals surface area contributed by atoms with Crippen LogP contribution in [0.15, 0.2) is 36.4 Å². The summed E-state index contributed by atoms with van der Waals surface area (Å²) in [6.07, 6.45) is 1.83. The second kappa shape index (κ2) is 7.08. The Bertz CT molecular complexity index is 535. The van der Waals surface area contributed by atoms with Gasteiger partial charge >= 0.3 is 5.97 Å². The van der Waals surface area contributed by atoms with Crippen LogP contribution in [-0.4, -0.2) is 23.9 Å². The van der Waals surface area contributed by atoms with Crippen molar-refractivity contribution in [2.45, 2.75) is 20.0 Å². The van der Waals surface area contributed by atoms with E-state index in [-0.39, 0.29) is 0 Å². The van der Waals surface area contributed by atoms with Crippen LogP contribution >= 0.6 is 0 Å². The van der Waals surface area contributed by atoms with Crippen molar-refractivity contribution in [2.75, 3.05) is 5.32 Å². The summed E-state index contributed by atoms with van der Waals surface area (Å²) in [5.41, 5.74) is 5.93. The lowest BCUT2D eigenvalue weighted by Crippen LogP contribution is -2.29. The number of nitrogens with one attached hydrogen (secondary N) is 1. The van der Waals surface area contributed by atoms with Gasteiger partial charge in [-0.05, 0) is 38.1 Å². The fourth-order valence-electron chi connectivity index (χ4n) is 1.36. The van der Waals surface area contributed by atoms with E-state index in [1.165, 1.54) is 31.2 Å². The van der Waals surface area contributed by atoms with Crippen molar-refractivity contribution in [1.82, 2.24) is 0 Å². The van der Waals surface area contributed by atoms with E-state index in [0.29, 0.717) is 11.3 Å². The van der Waals surface area contributed by atoms with Gasteiger partial charge in [0.05, 0.1) is 0 Å². The number of hydrogen-bond acceptors (Lipinski definition) is 4. The molecule has 6 nitrogen and oxygen atoms in total. The fraction of sp³-hybridized carbons (Fsp3) is 0.214. The summed E-state index contributed by atoms with van der Waals surface area (Å²) < 4.78 is 4.87. The summed E-state index contributed by atoms with van der Waals surface area (Å²) in [5.74, 6) is -1.59. The van der Waals surface area contributed by atoms with Gasteiger partial charge in [-0.3, -0.25) is 9.59 Å². The van der Waals surface area contributed by atoms with Crippen molar-refractivity contribution in [1.29, 1.82) is 0 Å². The lowest BCUT2D eigenvalue weighted by molar-refractivity contribution is -0.148. The first kappa shape index (κ1) is 15.4. The number of anilines is 1. The zero-order valence-electron chi connectivity index (χ0n) is 11.3. The molecule has 0 spiro atoms. The summed E-state index contributed by atoms with van der Waals surface area (Å²) in [5, 5.41) is 2.56. The van der Waals surface area contributed by atoms with Crippen molar-refractivity contribution in [3.63, 3.8) is 0 Å². The number of esters is 1. The van der Waals surface area contributed by atoms with E-state index >= 15 is 0 Å². The molecule has 106 valence electrons. The molecule has 0 aromatic heterocycles. The van der Waals surface area contributed by atoms with E-state index in [1.54, 1.807) is 19.1 Å². The molecule has 1 unspecified atom stereocenters. The third kappa shape index (κ3) is 4.56. The van der Waals surface area contributed by atoms with Crippen LogP contribution in [0, 0.1) is 0 Å². The van der Waals surface area contributed by atoms with Gasteiger partial charge < -0.3 is 15.8 Å². The van der Waals surface area contributed by atoms with Crippen LogP contribution in [0.5, 0.6) is 0 Å². The minimum Gasteiger partial charge on any atom is -0.449 e. The molecule has 0 saturated carbocycles. The normalized spacial score (nSPS) is 11.9. The number of amides is 2. The number of carbonyl (C=O) groups is 3. The van der Waals surface area contributed by atoms with Crippen molar-refractivity contribution in [3.05, 3.63) is 42.0 Å². The van der Waals surface area contributed by atoms with Crippen molar-refractivity contribution < 1.29 is 19.1 Å². The van der Waals surface area contributed by atoms with E-state index in [2.05, 4.69) is 5.32 Å². The highest BCUT2D eigenvalue weighted by atomic mass is 16.5. The Morgan fingerprint density at radius 1 is 1.25 bits per heavy atom. The lowest BCUT2D eigenvalue weighted by atomic mass is 10.2. The number of nitrogens with two attached hydrogens (primary N) is 1. The third-order valence-electron chi connectivity index (χ3n) is 2.40. The van der Waals surface area contributed by atoms with Crippen molar-refractivity contribution in [2.24, 2.45) is 5.73 Å². The molecule has 0 saturated heterocycles. The molecule has 0 aliphatic rings. The second-order valence-corrected chi connectivity index (χ2v) is 4.01. The Morgan fingerprint density at radius 2 is 1.85 bits per heavy atom. The molecule has 20 heavy (non-hydrogen) atoms. The number of rotatable bonds is 5. The number of benzene rings is 1. The highest BCUT2D eigenvalue weighted by molar-refractivity contribution is 5.97. The number of ether oxygens (including phenoxy) is 1. The Morgan fingerprint density at radius 3 is 2.35 bits per heavy atom. The van der Waals surface area contributed by atoms with Gasteiger partial charge in [-0.2, -0.15) is 0 Å². The Kier molecular flexibility index (Phi) is 5.46. The standard InChI is InChI=1S/C14H16N2O4/c1-3-4-12(17)20-9(2)14(19)16-11-7-5-10(6-8-11)13(15)18/h3-9H,1-2H3,(H2,15,18)(H,16,19). The number of carbonyl (C=O) groups excluding carboxylic acids is 3. The lowest BCUT2D eigenvalue weighted by Gasteiger charge is -2.12. The molecular weight excluding hydrogens is 260 g/mol. The SMILES string of the molecule is CC=CC(=O)OC(C)C(=O)Nc1ccc(C(N)=O)cc1. The summed E-state index contributed by atoms with van der Waals surface area (Å²) in [6, 6.07) is 6.07. The van der Waals surface area contributed by atoms with Crippen LogP contribution in [0.3, 0.4) is 0 Å². The van der Waals surface area contributed by atoms with E-state index in [1.807, 2.05) is 0 Å². The van der Waals surface area contributed by atoms with E-state index in [0.717, 1.165) is 0 Å². The van der Waals surface area contributed by atoms with E-state index < -0.39 is 23.9 Å². The van der Waals surface area contributed by atoms with E-state index in [9.17, 15) is 14.4 Å². The van der Waals surface area contributed by atoms with Gasteiger partial charge in [-0.15, -0.1) is 0 Å². The molecule has 0 aliphatic heterocycles. The topological polar surface area (TPSA) is 98.5 Å². The molecule has 0 radical (unpaired) electrons. The maximum absolute atomic E-state index is 11.8. The van der Waals surface area contributed by atoms with Crippen LogP contribution in [0.25, 0.3) is 0 Å². The first-order valence-corrected chi connectivity index (χ1v) is 5.98. The van der Waals surface area contributed by atoms with Crippen molar-refractivity contribution in [3.8, 4) is 0 Å². The highest BCUT2D eigenvalue weighted by Gasteiger charge is 2.16. The Hall–Kier alpha value is -2.63. The molecular formula is C14H16N2O4. The molecule has 0 heterocycles. The summed E-state index contributed by atoms with van der Waals surface area (Å²) >= 11 is 0. The molecule has 2 amide bonds. The summed E-state index contributed by atoms with van der Waals surface area (Å²) in [4.78, 5) is 33.9. The highest BCUT2D eigenvalue weighted by Crippen LogP contribution is 2.10. The zero-order chi connectivity index (χ0) is 15.1. The van der Waals surface area contributed by atoms with Gasteiger partial charge in [0.1, 0.15) is 0 Å². The predicted octanol–water partition coefficient (Wildman–Crippen LogP) is 1.23. The average molecular weight is 276 g/mol. The first-order valence-electron chi connectivity index (χ1n) is 5.98. The number of primary amides is 1. The second-order valence-electron chi connectivity index (χ2n) is 4.01. The van der Waals surface area contributed by atoms with Gasteiger partial charge in [0, 0.05) is 17.3 Å². The van der Waals surface area contributed by atoms with Crippen LogP contribution in [0.2, 0.25) is 0 Å². The number of allylic oxidation sites excluding steroid dienone is 1. The van der Waals surface area contributed by atoms with Crippen LogP contribution in [0.4, 0.5) is 5.69 Å². The average Bonchev–Trinajstić information content (AvgIpc) is 2.39. The zero-order valence-corrected chi connectivity index (χ0v) is 11.3. The molecule has 1 atom stereocenters. The summed E-state index contributed by atoms with van der Waals surface area (Å²) in [6.45, 7) is 3.14. The predicted molar refractivity (Wildman–Crippen MR) is 74.0 cm³/mol. The van der Waals surface area contributed by atoms with E-state index in [4.69, 9.17) is 10.5 Å². The molecule has 1 aromatic carbocycles. The minimum atomic E-state index is -0.922. The van der Waals surface area contributed by atoms with Gasteiger partial charge in [0.25, 0.3) is 5.91 Å². The maximum Gasteiger partial charge on any atom is 0.331 e. The molecule has 6 heteroatoms. The molecule has 3 N–H and O–H groups in total. The fourth-order valence-corrected chi connectivity index (χ4v) is 1.36. The van der Waals surface area contributed by atoms with Crippen LogP contribution in [0.1, 0.15) is 24.2 Å². The van der Waals surface area contributed by atoms with Gasteiger partial charge in [-0.25, -0.2) is 4.79 Å². The Balaban J connectivity index is 2.61. The van der Waals surface area contributed by atoms with Gasteiger partial charge in [0.2, 0.25) is 5.91 Å². The molecule has 1 aromatic rings. The molecule has 0 fully saturated rings. The van der Waals surface area contributed by atoms with Gasteiger partial charge in [0.15, 0.2) is 6.10 Å². The Labute approximate surface area is 116 Å². The largest absolute Gasteiger partial charge is 0.449 e. The minimum absolute atomic E-state index is 0.343. The smallest absolute Gasteiger partial charge is 0.331 e. The molecule has 0 bridgehead atoms. The van der Waals surface area contributed by atoms with Crippen LogP contribution in [-0.2, 0) is 14.3 Å². The molecule has 1 rings (SSSR count). The van der Waals surface area contributed by atoms with Crippen molar-refractivity contribution >= 4 is 23.5 Å². The van der Waals surface area contributed by atoms with Crippen LogP contribution < -0.4 is 11.1 Å². The monoisotopic (exact) mass is 276 g/mol. The maximum atomic E-state index is 11.8. The molecule has 0 aliphatic carbocycles. The summed E-state index contributed by atoms with van der Waals surface area (Å²) in [7, 11) is 0. The number of hydrogen-bond donors (Lipinski definition) is 2. The van der Waals surface area contributed by atoms with Gasteiger partial charge in [-0.1, -0.05) is 6.08 Å². The quantitative estimate of drug-likeness (QED) is 0.624. The first-order chi connectivity index (χ1) is 9.43. The third-order valence-corrected chi connectivity index (χ3v) is 2.40.